The summed E-state index contributed by atoms with van der Waals surface area (Å²) in [6, 6.07) is 14.1. The predicted octanol–water partition coefficient (Wildman–Crippen LogP) is 4.27. The van der Waals surface area contributed by atoms with Gasteiger partial charge in [0.2, 0.25) is 21.8 Å². The first-order chi connectivity index (χ1) is 17.5. The van der Waals surface area contributed by atoms with Crippen molar-refractivity contribution in [3.8, 4) is 5.75 Å². The second-order valence-electron chi connectivity index (χ2n) is 9.37. The van der Waals surface area contributed by atoms with Gasteiger partial charge in [0.25, 0.3) is 0 Å². The van der Waals surface area contributed by atoms with Crippen molar-refractivity contribution in [2.45, 2.75) is 72.5 Å². The highest BCUT2D eigenvalue weighted by Crippen LogP contribution is 2.30. The number of amides is 2. The third kappa shape index (κ3) is 8.77. The van der Waals surface area contributed by atoms with Crippen LogP contribution in [0.15, 0.2) is 48.5 Å². The second kappa shape index (κ2) is 14.0. The van der Waals surface area contributed by atoms with Gasteiger partial charge in [-0.1, -0.05) is 43.3 Å². The molecule has 0 aliphatic rings. The lowest BCUT2D eigenvalue weighted by Crippen LogP contribution is -2.50. The van der Waals surface area contributed by atoms with Crippen LogP contribution >= 0.6 is 0 Å². The lowest BCUT2D eigenvalue weighted by Gasteiger charge is -2.32. The normalized spacial score (nSPS) is 12.2. The van der Waals surface area contributed by atoms with Gasteiger partial charge in [0.05, 0.1) is 18.6 Å². The molecule has 0 heterocycles. The molecular formula is C28H41N3O5S. The molecule has 0 aliphatic carbocycles. The Bertz CT molecular complexity index is 1150. The fraction of sp³-hybridized carbons (Fsp3) is 0.500. The molecule has 1 N–H and O–H groups in total. The van der Waals surface area contributed by atoms with Crippen molar-refractivity contribution in [1.82, 2.24) is 10.2 Å². The number of carbonyl (C=O) groups is 2. The first kappa shape index (κ1) is 30.2. The van der Waals surface area contributed by atoms with E-state index in [0.717, 1.165) is 17.4 Å². The Hall–Kier alpha value is -3.07. The van der Waals surface area contributed by atoms with Crippen LogP contribution in [0.4, 0.5) is 5.69 Å². The standard InChI is InChI=1S/C28H41N3O5S/c1-7-24(28(33)29-21(3)4)30(20-23-15-10-9-14-22(23)5)27(32)18-13-19-31(37(6,34)35)25-16-11-12-17-26(25)36-8-2/h9-12,14-17,21,24H,7-8,13,18-20H2,1-6H3,(H,29,33). The quantitative estimate of drug-likeness (QED) is 0.393. The summed E-state index contributed by atoms with van der Waals surface area (Å²) in [4.78, 5) is 28.2. The zero-order valence-electron chi connectivity index (χ0n) is 22.9. The fourth-order valence-corrected chi connectivity index (χ4v) is 5.16. The van der Waals surface area contributed by atoms with Gasteiger partial charge in [0, 0.05) is 25.6 Å². The molecule has 0 saturated carbocycles. The number of hydrogen-bond acceptors (Lipinski definition) is 5. The SMILES string of the molecule is CCOc1ccccc1N(CCCC(=O)N(Cc1ccccc1C)C(CC)C(=O)NC(C)C)S(C)(=O)=O. The molecule has 2 aromatic rings. The molecule has 0 aliphatic heterocycles. The summed E-state index contributed by atoms with van der Waals surface area (Å²) in [5, 5.41) is 2.93. The van der Waals surface area contributed by atoms with E-state index in [2.05, 4.69) is 5.32 Å². The monoisotopic (exact) mass is 531 g/mol. The van der Waals surface area contributed by atoms with Gasteiger partial charge in [-0.25, -0.2) is 8.42 Å². The highest BCUT2D eigenvalue weighted by Gasteiger charge is 2.29. The minimum atomic E-state index is -3.61. The average molecular weight is 532 g/mol. The first-order valence-electron chi connectivity index (χ1n) is 12.8. The topological polar surface area (TPSA) is 96.0 Å². The summed E-state index contributed by atoms with van der Waals surface area (Å²) in [7, 11) is -3.61. The van der Waals surface area contributed by atoms with Crippen molar-refractivity contribution in [1.29, 1.82) is 0 Å². The van der Waals surface area contributed by atoms with Crippen LogP contribution < -0.4 is 14.4 Å². The summed E-state index contributed by atoms with van der Waals surface area (Å²) in [5.41, 5.74) is 2.45. The van der Waals surface area contributed by atoms with Gasteiger partial charge < -0.3 is 15.0 Å². The van der Waals surface area contributed by atoms with Gasteiger partial charge in [0.1, 0.15) is 11.8 Å². The zero-order chi connectivity index (χ0) is 27.6. The van der Waals surface area contributed by atoms with Crippen LogP contribution in [0.5, 0.6) is 5.75 Å². The van der Waals surface area contributed by atoms with E-state index >= 15 is 0 Å². The Morgan fingerprint density at radius 1 is 1.03 bits per heavy atom. The molecule has 37 heavy (non-hydrogen) atoms. The number of nitrogens with zero attached hydrogens (tertiary/aromatic N) is 2. The smallest absolute Gasteiger partial charge is 0.243 e. The molecule has 2 aromatic carbocycles. The maximum absolute atomic E-state index is 13.5. The Morgan fingerprint density at radius 2 is 1.68 bits per heavy atom. The van der Waals surface area contributed by atoms with Gasteiger partial charge in [-0.2, -0.15) is 0 Å². The van der Waals surface area contributed by atoms with Crippen LogP contribution in [-0.4, -0.2) is 56.6 Å². The Kier molecular flexibility index (Phi) is 11.4. The second-order valence-corrected chi connectivity index (χ2v) is 11.3. The van der Waals surface area contributed by atoms with Crippen LogP contribution in [0.25, 0.3) is 0 Å². The number of benzene rings is 2. The van der Waals surface area contributed by atoms with E-state index in [1.165, 1.54) is 4.31 Å². The number of para-hydroxylation sites is 2. The number of anilines is 1. The Morgan fingerprint density at radius 3 is 2.27 bits per heavy atom. The highest BCUT2D eigenvalue weighted by molar-refractivity contribution is 7.92. The first-order valence-corrected chi connectivity index (χ1v) is 14.7. The van der Waals surface area contributed by atoms with Crippen molar-refractivity contribution in [3.63, 3.8) is 0 Å². The lowest BCUT2D eigenvalue weighted by atomic mass is 10.0. The van der Waals surface area contributed by atoms with E-state index in [4.69, 9.17) is 4.74 Å². The van der Waals surface area contributed by atoms with E-state index < -0.39 is 16.1 Å². The summed E-state index contributed by atoms with van der Waals surface area (Å²) < 4.78 is 32.2. The highest BCUT2D eigenvalue weighted by atomic mass is 32.2. The van der Waals surface area contributed by atoms with Gasteiger partial charge in [-0.15, -0.1) is 0 Å². The molecule has 9 heteroatoms. The minimum absolute atomic E-state index is 0.0503. The van der Waals surface area contributed by atoms with Crippen molar-refractivity contribution in [2.24, 2.45) is 0 Å². The van der Waals surface area contributed by atoms with E-state index in [-0.39, 0.29) is 30.8 Å². The third-order valence-corrected chi connectivity index (χ3v) is 7.18. The number of aryl methyl sites for hydroxylation is 1. The Labute approximate surface area is 222 Å². The molecule has 2 rings (SSSR count). The van der Waals surface area contributed by atoms with E-state index in [1.807, 2.05) is 58.9 Å². The van der Waals surface area contributed by atoms with E-state index in [9.17, 15) is 18.0 Å². The minimum Gasteiger partial charge on any atom is -0.492 e. The lowest BCUT2D eigenvalue weighted by molar-refractivity contribution is -0.141. The molecule has 8 nitrogen and oxygen atoms in total. The van der Waals surface area contributed by atoms with Crippen molar-refractivity contribution < 1.29 is 22.7 Å². The number of hydrogen-bond donors (Lipinski definition) is 1. The maximum atomic E-state index is 13.5. The third-order valence-electron chi connectivity index (χ3n) is 6.00. The van der Waals surface area contributed by atoms with Gasteiger partial charge in [0.15, 0.2) is 0 Å². The van der Waals surface area contributed by atoms with Crippen molar-refractivity contribution in [2.75, 3.05) is 23.7 Å². The van der Waals surface area contributed by atoms with Crippen LogP contribution in [-0.2, 0) is 26.2 Å². The molecule has 0 saturated heterocycles. The predicted molar refractivity (Wildman–Crippen MR) is 148 cm³/mol. The number of nitrogens with one attached hydrogen (secondary N) is 1. The summed E-state index contributed by atoms with van der Waals surface area (Å²) in [6.07, 6.45) is 2.00. The van der Waals surface area contributed by atoms with Crippen LogP contribution in [0.2, 0.25) is 0 Å². The van der Waals surface area contributed by atoms with Crippen molar-refractivity contribution >= 4 is 27.5 Å². The number of rotatable bonds is 14. The molecule has 0 spiro atoms. The van der Waals surface area contributed by atoms with Crippen LogP contribution in [0.1, 0.15) is 58.1 Å². The van der Waals surface area contributed by atoms with E-state index in [0.29, 0.717) is 37.4 Å². The largest absolute Gasteiger partial charge is 0.492 e. The maximum Gasteiger partial charge on any atom is 0.243 e. The molecule has 1 atom stereocenters. The molecule has 204 valence electrons. The average Bonchev–Trinajstić information content (AvgIpc) is 2.82. The number of carbonyl (C=O) groups excluding carboxylic acids is 2. The summed E-state index contributed by atoms with van der Waals surface area (Å²) in [5.74, 6) is 0.0859. The number of sulfonamides is 1. The van der Waals surface area contributed by atoms with Gasteiger partial charge >= 0.3 is 0 Å². The van der Waals surface area contributed by atoms with Gasteiger partial charge in [-0.05, 0) is 63.8 Å². The molecule has 1 unspecified atom stereocenters. The van der Waals surface area contributed by atoms with Crippen LogP contribution in [0.3, 0.4) is 0 Å². The molecule has 0 aromatic heterocycles. The number of ether oxygens (including phenoxy) is 1. The zero-order valence-corrected chi connectivity index (χ0v) is 23.7. The van der Waals surface area contributed by atoms with Crippen LogP contribution in [0, 0.1) is 6.92 Å². The van der Waals surface area contributed by atoms with E-state index in [1.54, 1.807) is 29.2 Å². The summed E-state index contributed by atoms with van der Waals surface area (Å²) >= 11 is 0. The molecular weight excluding hydrogens is 490 g/mol. The van der Waals surface area contributed by atoms with Crippen molar-refractivity contribution in [3.05, 3.63) is 59.7 Å². The van der Waals surface area contributed by atoms with Gasteiger partial charge in [-0.3, -0.25) is 13.9 Å². The Balaban J connectivity index is 2.26. The molecule has 0 fully saturated rings. The molecule has 0 radical (unpaired) electrons. The fourth-order valence-electron chi connectivity index (χ4n) is 4.19. The summed E-state index contributed by atoms with van der Waals surface area (Å²) in [6.45, 7) is 10.3. The molecule has 0 bridgehead atoms. The molecule has 2 amide bonds.